The third-order valence-corrected chi connectivity index (χ3v) is 4.18. The van der Waals surface area contributed by atoms with Gasteiger partial charge in [-0.2, -0.15) is 4.98 Å². The van der Waals surface area contributed by atoms with Crippen molar-refractivity contribution in [2.45, 2.75) is 46.2 Å². The maximum absolute atomic E-state index is 5.32. The van der Waals surface area contributed by atoms with Gasteiger partial charge in [-0.15, -0.1) is 10.2 Å². The van der Waals surface area contributed by atoms with E-state index < -0.39 is 0 Å². The van der Waals surface area contributed by atoms with Gasteiger partial charge in [0.05, 0.1) is 12.1 Å². The van der Waals surface area contributed by atoms with Crippen LogP contribution >= 0.6 is 0 Å². The molecule has 0 saturated heterocycles. The summed E-state index contributed by atoms with van der Waals surface area (Å²) < 4.78 is 7.49. The molecule has 3 aromatic rings. The minimum Gasteiger partial charge on any atom is -0.363 e. The van der Waals surface area contributed by atoms with Crippen LogP contribution in [0.4, 0.5) is 5.82 Å². The quantitative estimate of drug-likeness (QED) is 0.737. The molecule has 0 saturated carbocycles. The lowest BCUT2D eigenvalue weighted by Crippen LogP contribution is -2.08. The molecule has 1 aliphatic rings. The summed E-state index contributed by atoms with van der Waals surface area (Å²) in [5, 5.41) is 15.7. The van der Waals surface area contributed by atoms with E-state index >= 15 is 0 Å². The molecule has 0 aliphatic carbocycles. The van der Waals surface area contributed by atoms with Crippen LogP contribution in [-0.2, 0) is 25.9 Å². The Balaban J connectivity index is 1.40. The summed E-state index contributed by atoms with van der Waals surface area (Å²) in [6.45, 7) is 5.87. The highest BCUT2D eigenvalue weighted by Crippen LogP contribution is 2.19. The molecule has 0 spiro atoms. The SMILES string of the molecule is CC(C)Cc1noc(-c2ccc(NCc3nnc4n3CCC4)nc2)n1. The highest BCUT2D eigenvalue weighted by molar-refractivity contribution is 5.54. The van der Waals surface area contributed by atoms with Crippen LogP contribution in [0.25, 0.3) is 11.5 Å². The van der Waals surface area contributed by atoms with Crippen molar-refractivity contribution < 1.29 is 4.52 Å². The third-order valence-electron chi connectivity index (χ3n) is 4.18. The normalized spacial score (nSPS) is 13.4. The van der Waals surface area contributed by atoms with Gasteiger partial charge in [0, 0.05) is 25.6 Å². The van der Waals surface area contributed by atoms with Crippen molar-refractivity contribution in [3.05, 3.63) is 35.8 Å². The predicted molar refractivity (Wildman–Crippen MR) is 91.7 cm³/mol. The molecule has 1 N–H and O–H groups in total. The van der Waals surface area contributed by atoms with Crippen LogP contribution in [0.5, 0.6) is 0 Å². The van der Waals surface area contributed by atoms with Crippen molar-refractivity contribution >= 4 is 5.82 Å². The van der Waals surface area contributed by atoms with E-state index in [1.165, 1.54) is 0 Å². The zero-order valence-corrected chi connectivity index (χ0v) is 14.4. The third kappa shape index (κ3) is 3.38. The predicted octanol–water partition coefficient (Wildman–Crippen LogP) is 2.48. The zero-order chi connectivity index (χ0) is 17.2. The highest BCUT2D eigenvalue weighted by atomic mass is 16.5. The fraction of sp³-hybridized carbons (Fsp3) is 0.471. The average molecular weight is 339 g/mol. The minimum atomic E-state index is 0.494. The van der Waals surface area contributed by atoms with Gasteiger partial charge in [-0.3, -0.25) is 0 Å². The number of nitrogens with zero attached hydrogens (tertiary/aromatic N) is 6. The Bertz CT molecular complexity index is 850. The number of nitrogens with one attached hydrogen (secondary N) is 1. The van der Waals surface area contributed by atoms with Gasteiger partial charge in [-0.25, -0.2) is 4.98 Å². The summed E-state index contributed by atoms with van der Waals surface area (Å²) in [6, 6.07) is 3.83. The standard InChI is InChI=1S/C17H21N7O/c1-11(2)8-14-20-17(25-23-14)12-5-6-13(18-9-12)19-10-16-22-21-15-4-3-7-24(15)16/h5-6,9,11H,3-4,7-8,10H2,1-2H3,(H,18,19). The zero-order valence-electron chi connectivity index (χ0n) is 14.4. The summed E-state index contributed by atoms with van der Waals surface area (Å²) in [5.74, 6) is 4.54. The molecule has 0 radical (unpaired) electrons. The second kappa shape index (κ2) is 6.62. The molecule has 3 aromatic heterocycles. The smallest absolute Gasteiger partial charge is 0.259 e. The van der Waals surface area contributed by atoms with Crippen molar-refractivity contribution in [2.75, 3.05) is 5.32 Å². The summed E-state index contributed by atoms with van der Waals surface area (Å²) in [7, 11) is 0. The molecule has 4 heterocycles. The van der Waals surface area contributed by atoms with E-state index in [0.717, 1.165) is 54.7 Å². The van der Waals surface area contributed by atoms with Crippen molar-refractivity contribution in [1.29, 1.82) is 0 Å². The maximum atomic E-state index is 5.32. The van der Waals surface area contributed by atoms with Crippen LogP contribution in [0, 0.1) is 5.92 Å². The Hall–Kier alpha value is -2.77. The van der Waals surface area contributed by atoms with Gasteiger partial charge in [0.15, 0.2) is 11.6 Å². The lowest BCUT2D eigenvalue weighted by Gasteiger charge is -2.06. The van der Waals surface area contributed by atoms with Crippen molar-refractivity contribution in [3.63, 3.8) is 0 Å². The van der Waals surface area contributed by atoms with E-state index in [0.29, 0.717) is 18.4 Å². The number of anilines is 1. The first-order valence-corrected chi connectivity index (χ1v) is 8.63. The second-order valence-electron chi connectivity index (χ2n) is 6.69. The molecule has 0 atom stereocenters. The molecule has 0 amide bonds. The van der Waals surface area contributed by atoms with Crippen molar-refractivity contribution in [3.8, 4) is 11.5 Å². The van der Waals surface area contributed by atoms with Gasteiger partial charge in [0.25, 0.3) is 5.89 Å². The fourth-order valence-electron chi connectivity index (χ4n) is 2.96. The Morgan fingerprint density at radius 2 is 2.20 bits per heavy atom. The largest absolute Gasteiger partial charge is 0.363 e. The molecule has 25 heavy (non-hydrogen) atoms. The Kier molecular flexibility index (Phi) is 4.17. The number of aromatic nitrogens is 6. The summed E-state index contributed by atoms with van der Waals surface area (Å²) in [6.07, 6.45) is 4.71. The molecule has 4 rings (SSSR count). The molecule has 0 bridgehead atoms. The second-order valence-corrected chi connectivity index (χ2v) is 6.69. The minimum absolute atomic E-state index is 0.494. The lowest BCUT2D eigenvalue weighted by molar-refractivity contribution is 0.417. The van der Waals surface area contributed by atoms with Crippen LogP contribution in [-0.4, -0.2) is 29.9 Å². The number of aryl methyl sites for hydroxylation is 1. The summed E-state index contributed by atoms with van der Waals surface area (Å²) in [4.78, 5) is 8.84. The van der Waals surface area contributed by atoms with Crippen LogP contribution < -0.4 is 5.32 Å². The van der Waals surface area contributed by atoms with Gasteiger partial charge in [-0.1, -0.05) is 19.0 Å². The van der Waals surface area contributed by atoms with Gasteiger partial charge in [0.1, 0.15) is 11.6 Å². The van der Waals surface area contributed by atoms with E-state index in [9.17, 15) is 0 Å². The molecular formula is C17H21N7O. The molecular weight excluding hydrogens is 318 g/mol. The van der Waals surface area contributed by atoms with E-state index in [2.05, 4.69) is 49.1 Å². The molecule has 8 nitrogen and oxygen atoms in total. The Labute approximate surface area is 145 Å². The first kappa shape index (κ1) is 15.7. The first-order valence-electron chi connectivity index (χ1n) is 8.63. The van der Waals surface area contributed by atoms with Crippen molar-refractivity contribution in [1.82, 2.24) is 29.9 Å². The molecule has 1 aliphatic heterocycles. The molecule has 0 unspecified atom stereocenters. The number of fused-ring (bicyclic) bond motifs is 1. The number of pyridine rings is 1. The van der Waals surface area contributed by atoms with Crippen LogP contribution in [0.2, 0.25) is 0 Å². The number of hydrogen-bond donors (Lipinski definition) is 1. The molecule has 130 valence electrons. The monoisotopic (exact) mass is 339 g/mol. The van der Waals surface area contributed by atoms with Gasteiger partial charge in [-0.05, 0) is 24.5 Å². The number of hydrogen-bond acceptors (Lipinski definition) is 7. The van der Waals surface area contributed by atoms with Crippen LogP contribution in [0.1, 0.15) is 37.7 Å². The van der Waals surface area contributed by atoms with E-state index in [4.69, 9.17) is 4.52 Å². The number of rotatable bonds is 6. The van der Waals surface area contributed by atoms with Gasteiger partial charge >= 0.3 is 0 Å². The molecule has 0 fully saturated rings. The van der Waals surface area contributed by atoms with Gasteiger partial charge < -0.3 is 14.4 Å². The van der Waals surface area contributed by atoms with Crippen molar-refractivity contribution in [2.24, 2.45) is 5.92 Å². The topological polar surface area (TPSA) is 94.6 Å². The Morgan fingerprint density at radius 3 is 3.00 bits per heavy atom. The maximum Gasteiger partial charge on any atom is 0.259 e. The van der Waals surface area contributed by atoms with Crippen LogP contribution in [0.3, 0.4) is 0 Å². The van der Waals surface area contributed by atoms with E-state index in [1.54, 1.807) is 6.20 Å². The highest BCUT2D eigenvalue weighted by Gasteiger charge is 2.17. The first-order chi connectivity index (χ1) is 12.2. The molecule has 8 heteroatoms. The van der Waals surface area contributed by atoms with Crippen LogP contribution in [0.15, 0.2) is 22.9 Å². The van der Waals surface area contributed by atoms with Gasteiger partial charge in [0.2, 0.25) is 0 Å². The van der Waals surface area contributed by atoms with E-state index in [1.807, 2.05) is 12.1 Å². The summed E-state index contributed by atoms with van der Waals surface area (Å²) in [5.41, 5.74) is 0.816. The molecule has 0 aromatic carbocycles. The van der Waals surface area contributed by atoms with E-state index in [-0.39, 0.29) is 0 Å². The summed E-state index contributed by atoms with van der Waals surface area (Å²) >= 11 is 0. The lowest BCUT2D eigenvalue weighted by atomic mass is 10.1. The fourth-order valence-corrected chi connectivity index (χ4v) is 2.96. The Morgan fingerprint density at radius 1 is 1.28 bits per heavy atom. The average Bonchev–Trinajstić information content (AvgIpc) is 3.30.